The van der Waals surface area contributed by atoms with Crippen LogP contribution in [0.5, 0.6) is 0 Å². The summed E-state index contributed by atoms with van der Waals surface area (Å²) in [5.74, 6) is 0. The van der Waals surface area contributed by atoms with E-state index < -0.39 is 30.2 Å². The Bertz CT molecular complexity index is 1160. The molecule has 4 nitrogen and oxygen atoms in total. The second-order valence-corrected chi connectivity index (χ2v) is 14.2. The predicted octanol–water partition coefficient (Wildman–Crippen LogP) is 3.74. The Balaban J connectivity index is 1.87. The van der Waals surface area contributed by atoms with E-state index in [0.29, 0.717) is 3.57 Å². The van der Waals surface area contributed by atoms with Crippen molar-refractivity contribution in [1.82, 2.24) is 0 Å². The molecule has 0 aliphatic carbocycles. The van der Waals surface area contributed by atoms with E-state index in [-0.39, 0.29) is 20.3 Å². The maximum atomic E-state index is 13.4. The third-order valence-electron chi connectivity index (χ3n) is 5.10. The summed E-state index contributed by atoms with van der Waals surface area (Å²) in [6.07, 6.45) is 0. The molecule has 0 amide bonds. The van der Waals surface area contributed by atoms with Gasteiger partial charge in [0.15, 0.2) is 19.7 Å². The summed E-state index contributed by atoms with van der Waals surface area (Å²) in [5.41, 5.74) is 1.95. The van der Waals surface area contributed by atoms with Crippen molar-refractivity contribution in [2.24, 2.45) is 0 Å². The molecule has 3 aliphatic heterocycles. The molecule has 130 valence electrons. The van der Waals surface area contributed by atoms with E-state index in [4.69, 9.17) is 0 Å². The molecule has 4 atom stereocenters. The highest BCUT2D eigenvalue weighted by molar-refractivity contribution is 14.1. The molecular formula is C16H10I2O4S3. The van der Waals surface area contributed by atoms with Crippen LogP contribution in [0.4, 0.5) is 0 Å². The summed E-state index contributed by atoms with van der Waals surface area (Å²) in [6, 6.07) is 10.9. The summed E-state index contributed by atoms with van der Waals surface area (Å²) in [5, 5.41) is -2.42. The first-order valence-electron chi connectivity index (χ1n) is 7.46. The van der Waals surface area contributed by atoms with Gasteiger partial charge in [-0.2, -0.15) is 0 Å². The van der Waals surface area contributed by atoms with Crippen molar-refractivity contribution in [3.63, 3.8) is 0 Å². The first-order chi connectivity index (χ1) is 11.7. The third kappa shape index (κ3) is 2.10. The molecule has 2 aromatic carbocycles. The van der Waals surface area contributed by atoms with Gasteiger partial charge in [-0.25, -0.2) is 16.8 Å². The lowest BCUT2D eigenvalue weighted by Crippen LogP contribution is -2.47. The molecule has 25 heavy (non-hydrogen) atoms. The van der Waals surface area contributed by atoms with Crippen LogP contribution in [0.15, 0.2) is 46.2 Å². The fourth-order valence-electron chi connectivity index (χ4n) is 4.17. The topological polar surface area (TPSA) is 68.3 Å². The van der Waals surface area contributed by atoms with Crippen molar-refractivity contribution < 1.29 is 16.8 Å². The van der Waals surface area contributed by atoms with Gasteiger partial charge in [0.2, 0.25) is 0 Å². The Morgan fingerprint density at radius 3 is 2.00 bits per heavy atom. The maximum absolute atomic E-state index is 13.4. The molecule has 0 N–H and O–H groups in total. The van der Waals surface area contributed by atoms with Crippen molar-refractivity contribution in [1.29, 1.82) is 0 Å². The zero-order chi connectivity index (χ0) is 17.7. The fourth-order valence-corrected chi connectivity index (χ4v) is 15.9. The van der Waals surface area contributed by atoms with Crippen LogP contribution in [0.3, 0.4) is 0 Å². The van der Waals surface area contributed by atoms with Gasteiger partial charge in [0.25, 0.3) is 0 Å². The van der Waals surface area contributed by atoms with Gasteiger partial charge >= 0.3 is 0 Å². The monoisotopic (exact) mass is 616 g/mol. The van der Waals surface area contributed by atoms with Crippen molar-refractivity contribution >= 4 is 76.6 Å². The highest BCUT2D eigenvalue weighted by atomic mass is 127. The smallest absolute Gasteiger partial charge is 0.186 e. The second kappa shape index (κ2) is 5.36. The minimum Gasteiger partial charge on any atom is -0.223 e. The summed E-state index contributed by atoms with van der Waals surface area (Å²) >= 11 is 5.46. The van der Waals surface area contributed by atoms with Gasteiger partial charge in [-0.3, -0.25) is 0 Å². The second-order valence-electron chi connectivity index (χ2n) is 6.34. The number of sulfone groups is 2. The number of fused-ring (bicyclic) bond motifs is 9. The predicted molar refractivity (Wildman–Crippen MR) is 113 cm³/mol. The van der Waals surface area contributed by atoms with Crippen LogP contribution in [-0.4, -0.2) is 27.3 Å². The molecule has 0 radical (unpaired) electrons. The third-order valence-corrected chi connectivity index (χ3v) is 13.8. The van der Waals surface area contributed by atoms with Crippen molar-refractivity contribution in [2.45, 2.75) is 30.8 Å². The van der Waals surface area contributed by atoms with Gasteiger partial charge in [0.1, 0.15) is 10.5 Å². The Kier molecular flexibility index (Phi) is 3.70. The summed E-state index contributed by atoms with van der Waals surface area (Å²) in [4.78, 5) is -0.0175. The van der Waals surface area contributed by atoms with Crippen LogP contribution in [-0.2, 0) is 19.7 Å². The molecular weight excluding hydrogens is 606 g/mol. The van der Waals surface area contributed by atoms with E-state index in [1.165, 1.54) is 17.8 Å². The zero-order valence-electron chi connectivity index (χ0n) is 12.4. The number of thioether (sulfide) groups is 1. The molecule has 3 heterocycles. The van der Waals surface area contributed by atoms with Crippen LogP contribution >= 0.6 is 56.9 Å². The van der Waals surface area contributed by atoms with Crippen molar-refractivity contribution in [3.8, 4) is 0 Å². The van der Waals surface area contributed by atoms with Crippen LogP contribution < -0.4 is 0 Å². The molecule has 5 rings (SSSR count). The SMILES string of the molecule is O=S1(=O)c2cc(I)cc(I)c2S(=O)(=O)C2C3SC(c4ccccc43)C21. The maximum Gasteiger partial charge on any atom is 0.186 e. The number of hydrogen-bond donors (Lipinski definition) is 0. The molecule has 2 bridgehead atoms. The minimum atomic E-state index is -3.72. The fraction of sp³-hybridized carbons (Fsp3) is 0.250. The lowest BCUT2D eigenvalue weighted by Gasteiger charge is -2.35. The number of hydrogen-bond acceptors (Lipinski definition) is 5. The van der Waals surface area contributed by atoms with E-state index in [0.717, 1.165) is 14.7 Å². The van der Waals surface area contributed by atoms with E-state index in [1.807, 2.05) is 69.4 Å². The number of rotatable bonds is 0. The average molecular weight is 616 g/mol. The molecule has 1 saturated heterocycles. The van der Waals surface area contributed by atoms with Crippen LogP contribution in [0, 0.1) is 7.14 Å². The Morgan fingerprint density at radius 2 is 1.40 bits per heavy atom. The largest absolute Gasteiger partial charge is 0.223 e. The lowest BCUT2D eigenvalue weighted by atomic mass is 9.91. The standard InChI is InChI=1S/C16H10I2O4S3/c17-7-5-10(18)14-11(6-7)24(19,20)15-12-8-3-1-2-4-9(8)13(23-12)16(15)25(14,21)22/h1-6,12-13,15-16H. The summed E-state index contributed by atoms with van der Waals surface area (Å²) in [6.45, 7) is 0. The van der Waals surface area contributed by atoms with E-state index in [1.54, 1.807) is 6.07 Å². The van der Waals surface area contributed by atoms with Gasteiger partial charge in [0.05, 0.1) is 9.79 Å². The molecule has 0 spiro atoms. The number of benzene rings is 2. The summed E-state index contributed by atoms with van der Waals surface area (Å²) in [7, 11) is -7.44. The van der Waals surface area contributed by atoms with E-state index >= 15 is 0 Å². The lowest BCUT2D eigenvalue weighted by molar-refractivity contribution is 0.530. The Hall–Kier alpha value is 0.150. The number of halogens is 2. The first-order valence-corrected chi connectivity index (χ1v) is 13.6. The molecule has 1 fully saturated rings. The van der Waals surface area contributed by atoms with Crippen LogP contribution in [0.25, 0.3) is 0 Å². The molecule has 4 unspecified atom stereocenters. The van der Waals surface area contributed by atoms with Crippen LogP contribution in [0.1, 0.15) is 21.6 Å². The van der Waals surface area contributed by atoms with Gasteiger partial charge in [-0.05, 0) is 68.4 Å². The highest BCUT2D eigenvalue weighted by Gasteiger charge is 2.65. The molecule has 2 aromatic rings. The Morgan fingerprint density at radius 1 is 0.840 bits per heavy atom. The normalized spacial score (nSPS) is 32.7. The molecule has 3 aliphatic rings. The Labute approximate surface area is 177 Å². The van der Waals surface area contributed by atoms with Crippen molar-refractivity contribution in [3.05, 3.63) is 54.7 Å². The highest BCUT2D eigenvalue weighted by Crippen LogP contribution is 2.67. The van der Waals surface area contributed by atoms with Gasteiger partial charge in [-0.15, -0.1) is 11.8 Å². The molecule has 9 heteroatoms. The average Bonchev–Trinajstić information content (AvgIpc) is 3.10. The molecule has 0 saturated carbocycles. The van der Waals surface area contributed by atoms with Crippen molar-refractivity contribution in [2.75, 3.05) is 0 Å². The summed E-state index contributed by atoms with van der Waals surface area (Å²) < 4.78 is 54.8. The molecule has 0 aromatic heterocycles. The minimum absolute atomic E-state index is 0.000368. The van der Waals surface area contributed by atoms with Gasteiger partial charge in [-0.1, -0.05) is 24.3 Å². The van der Waals surface area contributed by atoms with E-state index in [2.05, 4.69) is 0 Å². The van der Waals surface area contributed by atoms with Gasteiger partial charge in [0, 0.05) is 17.6 Å². The van der Waals surface area contributed by atoms with Crippen LogP contribution in [0.2, 0.25) is 0 Å². The van der Waals surface area contributed by atoms with E-state index in [9.17, 15) is 16.8 Å². The first kappa shape index (κ1) is 17.3. The zero-order valence-corrected chi connectivity index (χ0v) is 19.2. The quantitative estimate of drug-likeness (QED) is 0.423. The van der Waals surface area contributed by atoms with Gasteiger partial charge < -0.3 is 0 Å².